The Morgan fingerprint density at radius 1 is 1.10 bits per heavy atom. The van der Waals surface area contributed by atoms with Crippen LogP contribution in [0.25, 0.3) is 0 Å². The van der Waals surface area contributed by atoms with Crippen molar-refractivity contribution in [3.8, 4) is 0 Å². The molecule has 0 bridgehead atoms. The van der Waals surface area contributed by atoms with Gasteiger partial charge in [-0.2, -0.15) is 0 Å². The Balaban J connectivity index is 1.56. The molecule has 1 heterocycles. The molecule has 2 aromatic rings. The lowest BCUT2D eigenvalue weighted by molar-refractivity contribution is -0.123. The third-order valence-electron chi connectivity index (χ3n) is 4.30. The monoisotopic (exact) mass is 415 g/mol. The first-order chi connectivity index (χ1) is 14.1. The van der Waals surface area contributed by atoms with Crippen molar-refractivity contribution in [1.82, 2.24) is 10.6 Å². The van der Waals surface area contributed by atoms with E-state index in [0.717, 1.165) is 11.1 Å². The van der Waals surface area contributed by atoms with Gasteiger partial charge in [0, 0.05) is 12.8 Å². The maximum atomic E-state index is 12.7. The van der Waals surface area contributed by atoms with Gasteiger partial charge in [-0.05, 0) is 11.1 Å². The zero-order valence-corrected chi connectivity index (χ0v) is 16.5. The Hall–Kier alpha value is -3.06. The minimum atomic E-state index is -0.793. The van der Waals surface area contributed by atoms with Crippen LogP contribution in [0.2, 0.25) is 0 Å². The summed E-state index contributed by atoms with van der Waals surface area (Å²) in [5.41, 5.74) is 1.78. The van der Waals surface area contributed by atoms with Crippen molar-refractivity contribution < 1.29 is 19.2 Å². The highest BCUT2D eigenvalue weighted by Crippen LogP contribution is 2.12. The molecule has 0 aliphatic carbocycles. The zero-order valence-electron chi connectivity index (χ0n) is 15.7. The third kappa shape index (κ3) is 6.80. The second kappa shape index (κ2) is 10.5. The first-order valence-corrected chi connectivity index (χ1v) is 9.65. The summed E-state index contributed by atoms with van der Waals surface area (Å²) in [4.78, 5) is 30.1. The summed E-state index contributed by atoms with van der Waals surface area (Å²) in [5, 5.41) is 9.45. The van der Waals surface area contributed by atoms with Gasteiger partial charge in [0.1, 0.15) is 17.8 Å². The van der Waals surface area contributed by atoms with Gasteiger partial charge in [-0.25, -0.2) is 4.79 Å². The average molecular weight is 416 g/mol. The Morgan fingerprint density at radius 3 is 2.38 bits per heavy atom. The van der Waals surface area contributed by atoms with Gasteiger partial charge < -0.3 is 20.2 Å². The van der Waals surface area contributed by atoms with Gasteiger partial charge in [0.15, 0.2) is 6.10 Å². The van der Waals surface area contributed by atoms with E-state index in [1.54, 1.807) is 0 Å². The molecule has 1 unspecified atom stereocenters. The number of benzene rings is 2. The smallest absolute Gasteiger partial charge is 0.408 e. The lowest BCUT2D eigenvalue weighted by Crippen LogP contribution is -2.49. The van der Waals surface area contributed by atoms with Crippen LogP contribution in [0.1, 0.15) is 17.5 Å². The summed E-state index contributed by atoms with van der Waals surface area (Å²) >= 11 is 5.79. The number of hydrogen-bond donors (Lipinski definition) is 2. The number of oxime groups is 1. The van der Waals surface area contributed by atoms with Crippen molar-refractivity contribution in [2.45, 2.75) is 31.6 Å². The van der Waals surface area contributed by atoms with E-state index in [1.165, 1.54) is 0 Å². The van der Waals surface area contributed by atoms with E-state index >= 15 is 0 Å². The van der Waals surface area contributed by atoms with Crippen molar-refractivity contribution >= 4 is 28.8 Å². The normalized spacial score (nSPS) is 16.3. The molecular formula is C21H22ClN3O4. The summed E-state index contributed by atoms with van der Waals surface area (Å²) in [6, 6.07) is 18.0. The Morgan fingerprint density at radius 2 is 1.76 bits per heavy atom. The number of amides is 2. The van der Waals surface area contributed by atoms with E-state index < -0.39 is 12.1 Å². The van der Waals surface area contributed by atoms with E-state index in [1.807, 2.05) is 60.7 Å². The van der Waals surface area contributed by atoms with Crippen LogP contribution in [0.4, 0.5) is 4.79 Å². The summed E-state index contributed by atoms with van der Waals surface area (Å²) in [6.45, 7) is 0.364. The number of carbonyl (C=O) groups excluding carboxylic acids is 2. The van der Waals surface area contributed by atoms with E-state index in [4.69, 9.17) is 21.2 Å². The Kier molecular flexibility index (Phi) is 7.47. The quantitative estimate of drug-likeness (QED) is 0.693. The van der Waals surface area contributed by atoms with Gasteiger partial charge in [0.2, 0.25) is 5.91 Å². The molecule has 152 valence electrons. The minimum absolute atomic E-state index is 0.123. The summed E-state index contributed by atoms with van der Waals surface area (Å²) < 4.78 is 5.25. The number of carbonyl (C=O) groups is 2. The number of nitrogens with one attached hydrogen (secondary N) is 2. The maximum absolute atomic E-state index is 12.7. The second-order valence-corrected chi connectivity index (χ2v) is 7.03. The largest absolute Gasteiger partial charge is 0.445 e. The topological polar surface area (TPSA) is 89.0 Å². The first kappa shape index (κ1) is 20.7. The molecular weight excluding hydrogens is 394 g/mol. The molecule has 0 spiro atoms. The van der Waals surface area contributed by atoms with Crippen LogP contribution in [0, 0.1) is 0 Å². The molecule has 0 aromatic heterocycles. The molecule has 2 amide bonds. The molecule has 2 N–H and O–H groups in total. The van der Waals surface area contributed by atoms with Gasteiger partial charge in [0.25, 0.3) is 0 Å². The molecule has 1 aliphatic heterocycles. The van der Waals surface area contributed by atoms with Gasteiger partial charge in [0.05, 0.1) is 6.54 Å². The summed E-state index contributed by atoms with van der Waals surface area (Å²) in [5.74, 6) is -0.336. The molecule has 0 radical (unpaired) electrons. The molecule has 0 saturated carbocycles. The Labute approximate surface area is 174 Å². The number of hydrogen-bond acceptors (Lipinski definition) is 5. The fraction of sp³-hybridized carbons (Fsp3) is 0.286. The number of nitrogens with zero attached hydrogens (tertiary/aromatic N) is 1. The van der Waals surface area contributed by atoms with Crippen LogP contribution in [0.15, 0.2) is 65.8 Å². The molecule has 1 aliphatic rings. The molecule has 3 rings (SSSR count). The van der Waals surface area contributed by atoms with Crippen LogP contribution in [0.5, 0.6) is 0 Å². The molecule has 29 heavy (non-hydrogen) atoms. The average Bonchev–Trinajstić information content (AvgIpc) is 3.17. The number of alkyl carbamates (subject to hydrolysis) is 1. The van der Waals surface area contributed by atoms with Gasteiger partial charge >= 0.3 is 6.09 Å². The van der Waals surface area contributed by atoms with E-state index in [2.05, 4.69) is 15.8 Å². The van der Waals surface area contributed by atoms with Crippen LogP contribution >= 0.6 is 11.6 Å². The minimum Gasteiger partial charge on any atom is -0.445 e. The highest BCUT2D eigenvalue weighted by Gasteiger charge is 2.25. The number of rotatable bonds is 8. The van der Waals surface area contributed by atoms with E-state index in [0.29, 0.717) is 18.0 Å². The van der Waals surface area contributed by atoms with Crippen molar-refractivity contribution in [2.75, 3.05) is 6.54 Å². The predicted octanol–water partition coefficient (Wildman–Crippen LogP) is 2.98. The van der Waals surface area contributed by atoms with Crippen LogP contribution in [-0.4, -0.2) is 35.9 Å². The number of ether oxygens (including phenoxy) is 1. The third-order valence-corrected chi connectivity index (χ3v) is 4.53. The SMILES string of the molecule is O=C(N[C@@H](Cc1ccccc1)C(=O)NCC1CC(Cl)=NO1)OCc1ccccc1. The van der Waals surface area contributed by atoms with Crippen LogP contribution in [0.3, 0.4) is 0 Å². The van der Waals surface area contributed by atoms with Gasteiger partial charge in [-0.15, -0.1) is 0 Å². The maximum Gasteiger partial charge on any atom is 0.408 e. The fourth-order valence-corrected chi connectivity index (χ4v) is 3.02. The van der Waals surface area contributed by atoms with Gasteiger partial charge in [-0.1, -0.05) is 77.4 Å². The second-order valence-electron chi connectivity index (χ2n) is 6.59. The Bertz CT molecular complexity index is 846. The zero-order chi connectivity index (χ0) is 20.5. The number of halogens is 1. The summed E-state index contributed by atoms with van der Waals surface area (Å²) in [6.07, 6.45) is -0.199. The molecule has 0 saturated heterocycles. The van der Waals surface area contributed by atoms with Crippen molar-refractivity contribution in [1.29, 1.82) is 0 Å². The molecule has 2 atom stereocenters. The van der Waals surface area contributed by atoms with E-state index in [9.17, 15) is 9.59 Å². The van der Waals surface area contributed by atoms with E-state index in [-0.39, 0.29) is 25.2 Å². The lowest BCUT2D eigenvalue weighted by Gasteiger charge is -2.19. The molecule has 0 fully saturated rings. The van der Waals surface area contributed by atoms with Crippen molar-refractivity contribution in [3.63, 3.8) is 0 Å². The first-order valence-electron chi connectivity index (χ1n) is 9.27. The molecule has 7 nitrogen and oxygen atoms in total. The highest BCUT2D eigenvalue weighted by molar-refractivity contribution is 6.65. The standard InChI is InChI=1S/C21H22ClN3O4/c22-19-12-17(29-25-19)13-23-20(26)18(11-15-7-3-1-4-8-15)24-21(27)28-14-16-9-5-2-6-10-16/h1-10,17-18H,11-14H2,(H,23,26)(H,24,27)/t17?,18-/m0/s1. The van der Waals surface area contributed by atoms with Crippen molar-refractivity contribution in [2.24, 2.45) is 5.16 Å². The predicted molar refractivity (Wildman–Crippen MR) is 109 cm³/mol. The van der Waals surface area contributed by atoms with Crippen molar-refractivity contribution in [3.05, 3.63) is 71.8 Å². The van der Waals surface area contributed by atoms with Crippen LogP contribution < -0.4 is 10.6 Å². The highest BCUT2D eigenvalue weighted by atomic mass is 35.5. The summed E-state index contributed by atoms with van der Waals surface area (Å²) in [7, 11) is 0. The lowest BCUT2D eigenvalue weighted by atomic mass is 10.1. The van der Waals surface area contributed by atoms with Crippen LogP contribution in [-0.2, 0) is 27.4 Å². The fourth-order valence-electron chi connectivity index (χ4n) is 2.81. The van der Waals surface area contributed by atoms with Gasteiger partial charge in [-0.3, -0.25) is 4.79 Å². The molecule has 8 heteroatoms. The molecule has 2 aromatic carbocycles.